The van der Waals surface area contributed by atoms with E-state index in [1.807, 2.05) is 0 Å². The molecule has 0 fully saturated rings. The van der Waals surface area contributed by atoms with Gasteiger partial charge in [0, 0.05) is 17.5 Å². The summed E-state index contributed by atoms with van der Waals surface area (Å²) in [4.78, 5) is 8.69. The highest BCUT2D eigenvalue weighted by atomic mass is 14.9. The van der Waals surface area contributed by atoms with Gasteiger partial charge in [0.05, 0.1) is 11.0 Å². The molecule has 0 aliphatic rings. The monoisotopic (exact) mass is 368 g/mol. The number of H-pyrrole nitrogens is 1. The number of nitrogens with zero attached hydrogens (tertiary/aromatic N) is 1. The molecule has 1 heterocycles. The molecule has 2 heteroatoms. The average Bonchev–Trinajstić information content (AvgIpc) is 3.18. The number of imidazole rings is 1. The zero-order valence-corrected chi connectivity index (χ0v) is 16.6. The van der Waals surface area contributed by atoms with Gasteiger partial charge in [0.25, 0.3) is 0 Å². The Morgan fingerprint density at radius 3 is 1.96 bits per heavy atom. The van der Waals surface area contributed by atoms with Crippen LogP contribution in [0.5, 0.6) is 0 Å². The lowest BCUT2D eigenvalue weighted by Gasteiger charge is -2.07. The predicted molar refractivity (Wildman–Crippen MR) is 119 cm³/mol. The van der Waals surface area contributed by atoms with Crippen molar-refractivity contribution in [3.05, 3.63) is 78.6 Å². The van der Waals surface area contributed by atoms with Crippen molar-refractivity contribution in [3.63, 3.8) is 0 Å². The van der Waals surface area contributed by atoms with Crippen LogP contribution in [-0.2, 0) is 6.42 Å². The van der Waals surface area contributed by atoms with E-state index in [0.717, 1.165) is 23.3 Å². The van der Waals surface area contributed by atoms with Crippen molar-refractivity contribution in [1.29, 1.82) is 0 Å². The normalized spacial score (nSPS) is 11.2. The summed E-state index contributed by atoms with van der Waals surface area (Å²) in [6, 6.07) is 25.6. The van der Waals surface area contributed by atoms with E-state index >= 15 is 0 Å². The smallest absolute Gasteiger partial charge is 0.107 e. The Morgan fingerprint density at radius 2 is 1.29 bits per heavy atom. The maximum absolute atomic E-state index is 5.04. The summed E-state index contributed by atoms with van der Waals surface area (Å²) in [5.41, 5.74) is 7.09. The second-order valence-electron chi connectivity index (χ2n) is 7.46. The average molecular weight is 369 g/mol. The van der Waals surface area contributed by atoms with Crippen molar-refractivity contribution >= 4 is 11.0 Å². The summed E-state index contributed by atoms with van der Waals surface area (Å²) in [5, 5.41) is 0. The van der Waals surface area contributed by atoms with Crippen molar-refractivity contribution in [2.24, 2.45) is 0 Å². The maximum atomic E-state index is 5.04. The molecule has 0 aliphatic heterocycles. The maximum Gasteiger partial charge on any atom is 0.107 e. The molecule has 0 saturated heterocycles. The minimum atomic E-state index is 1.01. The van der Waals surface area contributed by atoms with Gasteiger partial charge in [-0.15, -0.1) is 0 Å². The number of rotatable bonds is 8. The fourth-order valence-corrected chi connectivity index (χ4v) is 3.86. The fourth-order valence-electron chi connectivity index (χ4n) is 3.86. The first-order valence-electron chi connectivity index (χ1n) is 10.5. The lowest BCUT2D eigenvalue weighted by atomic mass is 9.98. The molecule has 4 aromatic rings. The van der Waals surface area contributed by atoms with Crippen LogP contribution < -0.4 is 0 Å². The zero-order valence-electron chi connectivity index (χ0n) is 16.6. The second-order valence-corrected chi connectivity index (χ2v) is 7.46. The molecule has 28 heavy (non-hydrogen) atoms. The number of hydrogen-bond acceptors (Lipinski definition) is 1. The molecule has 0 spiro atoms. The summed E-state index contributed by atoms with van der Waals surface area (Å²) < 4.78 is 0. The summed E-state index contributed by atoms with van der Waals surface area (Å²) in [6.45, 7) is 2.26. The van der Waals surface area contributed by atoms with Gasteiger partial charge in [0.15, 0.2) is 0 Å². The van der Waals surface area contributed by atoms with Crippen LogP contribution in [0.3, 0.4) is 0 Å². The number of unbranched alkanes of at least 4 members (excludes halogenated alkanes) is 4. The molecule has 0 amide bonds. The lowest BCUT2D eigenvalue weighted by molar-refractivity contribution is 0.625. The minimum absolute atomic E-state index is 1.01. The van der Waals surface area contributed by atoms with Gasteiger partial charge in [-0.3, -0.25) is 0 Å². The molecule has 0 atom stereocenters. The van der Waals surface area contributed by atoms with Gasteiger partial charge >= 0.3 is 0 Å². The summed E-state index contributed by atoms with van der Waals surface area (Å²) in [5.74, 6) is 1.10. The van der Waals surface area contributed by atoms with Gasteiger partial charge in [0.2, 0.25) is 0 Å². The van der Waals surface area contributed by atoms with Gasteiger partial charge in [-0.25, -0.2) is 4.98 Å². The van der Waals surface area contributed by atoms with Crippen molar-refractivity contribution < 1.29 is 0 Å². The zero-order chi connectivity index (χ0) is 19.2. The van der Waals surface area contributed by atoms with Gasteiger partial charge in [-0.05, 0) is 17.5 Å². The molecule has 1 N–H and O–H groups in total. The summed E-state index contributed by atoms with van der Waals surface area (Å²) in [6.07, 6.45) is 7.42. The van der Waals surface area contributed by atoms with E-state index in [1.54, 1.807) is 0 Å². The summed E-state index contributed by atoms with van der Waals surface area (Å²) in [7, 11) is 0. The number of aryl methyl sites for hydroxylation is 1. The highest BCUT2D eigenvalue weighted by molar-refractivity contribution is 6.00. The van der Waals surface area contributed by atoms with Crippen molar-refractivity contribution in [3.8, 4) is 22.3 Å². The van der Waals surface area contributed by atoms with E-state index in [4.69, 9.17) is 4.98 Å². The number of benzene rings is 3. The number of fused-ring (bicyclic) bond motifs is 1. The topological polar surface area (TPSA) is 28.7 Å². The first-order valence-corrected chi connectivity index (χ1v) is 10.5. The van der Waals surface area contributed by atoms with E-state index in [1.165, 1.54) is 54.4 Å². The van der Waals surface area contributed by atoms with Crippen LogP contribution in [0.2, 0.25) is 0 Å². The second kappa shape index (κ2) is 8.88. The molecule has 0 radical (unpaired) electrons. The van der Waals surface area contributed by atoms with Crippen LogP contribution >= 0.6 is 0 Å². The third-order valence-electron chi connectivity index (χ3n) is 5.38. The van der Waals surface area contributed by atoms with Crippen LogP contribution in [0, 0.1) is 0 Å². The number of hydrogen-bond donors (Lipinski definition) is 1. The molecule has 142 valence electrons. The van der Waals surface area contributed by atoms with Crippen LogP contribution in [0.25, 0.3) is 33.3 Å². The van der Waals surface area contributed by atoms with Crippen molar-refractivity contribution in [2.45, 2.75) is 45.4 Å². The Kier molecular flexibility index (Phi) is 5.86. The number of aromatic amines is 1. The standard InChI is InChI=1S/C26H28N2/c1-2-3-4-5-12-17-24-27-25-22(20-13-8-6-9-14-20)18-19-23(26(25)28-24)21-15-10-7-11-16-21/h6-11,13-16,18-19H,2-5,12,17H2,1H3,(H,27,28). The van der Waals surface area contributed by atoms with E-state index in [-0.39, 0.29) is 0 Å². The third kappa shape index (κ3) is 4.01. The van der Waals surface area contributed by atoms with Crippen molar-refractivity contribution in [2.75, 3.05) is 0 Å². The largest absolute Gasteiger partial charge is 0.341 e. The van der Waals surface area contributed by atoms with Crippen LogP contribution in [0.1, 0.15) is 44.9 Å². The third-order valence-corrected chi connectivity index (χ3v) is 5.38. The molecule has 2 nitrogen and oxygen atoms in total. The van der Waals surface area contributed by atoms with E-state index in [0.29, 0.717) is 0 Å². The predicted octanol–water partition coefficient (Wildman–Crippen LogP) is 7.41. The van der Waals surface area contributed by atoms with E-state index in [2.05, 4.69) is 84.7 Å². The van der Waals surface area contributed by atoms with Crippen molar-refractivity contribution in [1.82, 2.24) is 9.97 Å². The van der Waals surface area contributed by atoms with Gasteiger partial charge in [0.1, 0.15) is 5.82 Å². The highest BCUT2D eigenvalue weighted by Gasteiger charge is 2.14. The Morgan fingerprint density at radius 1 is 0.679 bits per heavy atom. The minimum Gasteiger partial charge on any atom is -0.341 e. The summed E-state index contributed by atoms with van der Waals surface area (Å²) >= 11 is 0. The van der Waals surface area contributed by atoms with E-state index < -0.39 is 0 Å². The number of nitrogens with one attached hydrogen (secondary N) is 1. The molecule has 3 aromatic carbocycles. The van der Waals surface area contributed by atoms with Gasteiger partial charge in [-0.1, -0.05) is 105 Å². The molecule has 0 bridgehead atoms. The fraction of sp³-hybridized carbons (Fsp3) is 0.269. The van der Waals surface area contributed by atoms with Crippen LogP contribution in [-0.4, -0.2) is 9.97 Å². The molecule has 1 aromatic heterocycles. The molecule has 0 aliphatic carbocycles. The number of aromatic nitrogens is 2. The Hall–Kier alpha value is -2.87. The van der Waals surface area contributed by atoms with Gasteiger partial charge < -0.3 is 4.98 Å². The lowest BCUT2D eigenvalue weighted by Crippen LogP contribution is -1.88. The Balaban J connectivity index is 1.73. The SMILES string of the molecule is CCCCCCCc1nc2c(-c3ccccc3)ccc(-c3ccccc3)c2[nH]1. The Labute approximate surface area is 167 Å². The molecular formula is C26H28N2. The molecule has 0 saturated carbocycles. The highest BCUT2D eigenvalue weighted by Crippen LogP contribution is 2.34. The molecular weight excluding hydrogens is 340 g/mol. The van der Waals surface area contributed by atoms with Crippen LogP contribution in [0.4, 0.5) is 0 Å². The molecule has 0 unspecified atom stereocenters. The molecule has 4 rings (SSSR count). The van der Waals surface area contributed by atoms with Crippen LogP contribution in [0.15, 0.2) is 72.8 Å². The first-order chi connectivity index (χ1) is 13.9. The van der Waals surface area contributed by atoms with E-state index in [9.17, 15) is 0 Å². The first kappa shape index (κ1) is 18.5. The quantitative estimate of drug-likeness (QED) is 0.322. The Bertz CT molecular complexity index is 940. The van der Waals surface area contributed by atoms with Gasteiger partial charge in [-0.2, -0.15) is 0 Å².